The van der Waals surface area contributed by atoms with Crippen LogP contribution in [0.1, 0.15) is 37.0 Å². The molecule has 0 aromatic heterocycles. The van der Waals surface area contributed by atoms with Gasteiger partial charge in [0.15, 0.2) is 5.96 Å². The molecule has 1 fully saturated rings. The Morgan fingerprint density at radius 1 is 1.09 bits per heavy atom. The van der Waals surface area contributed by atoms with Gasteiger partial charge in [-0.3, -0.25) is 14.7 Å². The zero-order chi connectivity index (χ0) is 22.5. The molecule has 0 saturated carbocycles. The number of hydrogen-bond acceptors (Lipinski definition) is 5. The van der Waals surface area contributed by atoms with Gasteiger partial charge >= 0.3 is 0 Å². The van der Waals surface area contributed by atoms with E-state index >= 15 is 0 Å². The molecule has 0 spiro atoms. The summed E-state index contributed by atoms with van der Waals surface area (Å²) < 4.78 is 10.7. The number of ether oxygens (including phenoxy) is 2. The monoisotopic (exact) mass is 561 g/mol. The number of hydrogen-bond donors (Lipinski definition) is 3. The second-order valence-electron chi connectivity index (χ2n) is 7.66. The number of guanidine groups is 1. The smallest absolute Gasteiger partial charge is 0.251 e. The fraction of sp³-hybridized carbons (Fsp3) is 0.652. The average Bonchev–Trinajstić information content (AvgIpc) is 2.83. The van der Waals surface area contributed by atoms with Crippen molar-refractivity contribution < 1.29 is 14.3 Å². The van der Waals surface area contributed by atoms with Crippen LogP contribution in [0.25, 0.3) is 0 Å². The number of carbonyl (C=O) groups is 1. The Kier molecular flexibility index (Phi) is 14.3. The van der Waals surface area contributed by atoms with Gasteiger partial charge in [-0.1, -0.05) is 26.7 Å². The van der Waals surface area contributed by atoms with E-state index in [-0.39, 0.29) is 29.9 Å². The summed E-state index contributed by atoms with van der Waals surface area (Å²) in [5, 5.41) is 9.69. The van der Waals surface area contributed by atoms with E-state index in [2.05, 4.69) is 39.7 Å². The molecule has 8 nitrogen and oxygen atoms in total. The topological polar surface area (TPSA) is 87.2 Å². The molecule has 0 radical (unpaired) electrons. The van der Waals surface area contributed by atoms with E-state index in [0.717, 1.165) is 57.4 Å². The van der Waals surface area contributed by atoms with Crippen LogP contribution in [0.15, 0.2) is 29.3 Å². The number of aliphatic imine (C=N–C) groups is 1. The largest absolute Gasteiger partial charge is 0.497 e. The quantitative estimate of drug-likeness (QED) is 0.167. The summed E-state index contributed by atoms with van der Waals surface area (Å²) in [6.45, 7) is 10.0. The summed E-state index contributed by atoms with van der Waals surface area (Å²) in [6, 6.07) is 7.53. The Balaban J connectivity index is 0.00000512. The fourth-order valence-electron chi connectivity index (χ4n) is 3.96. The fourth-order valence-corrected chi connectivity index (χ4v) is 3.96. The van der Waals surface area contributed by atoms with Gasteiger partial charge in [-0.15, -0.1) is 24.0 Å². The summed E-state index contributed by atoms with van der Waals surface area (Å²) in [6.07, 6.45) is 2.31. The van der Waals surface area contributed by atoms with Crippen LogP contribution in [0.4, 0.5) is 0 Å². The third kappa shape index (κ3) is 9.11. The van der Waals surface area contributed by atoms with Gasteiger partial charge in [0.25, 0.3) is 5.91 Å². The lowest BCUT2D eigenvalue weighted by Gasteiger charge is -2.39. The van der Waals surface area contributed by atoms with Gasteiger partial charge in [0.2, 0.25) is 0 Å². The van der Waals surface area contributed by atoms with Gasteiger partial charge in [-0.2, -0.15) is 0 Å². The number of morpholine rings is 1. The Bertz CT molecular complexity index is 677. The van der Waals surface area contributed by atoms with E-state index in [0.29, 0.717) is 30.6 Å². The predicted molar refractivity (Wildman–Crippen MR) is 140 cm³/mol. The molecule has 1 atom stereocenters. The van der Waals surface area contributed by atoms with E-state index in [1.54, 1.807) is 38.4 Å². The molecule has 2 rings (SSSR count). The Morgan fingerprint density at radius 3 is 2.28 bits per heavy atom. The van der Waals surface area contributed by atoms with Crippen LogP contribution >= 0.6 is 24.0 Å². The summed E-state index contributed by atoms with van der Waals surface area (Å²) in [5.41, 5.74) is 0.613. The van der Waals surface area contributed by atoms with E-state index in [1.165, 1.54) is 0 Å². The summed E-state index contributed by atoms with van der Waals surface area (Å²) in [5.74, 6) is 2.01. The number of carbonyl (C=O) groups excluding carboxylic acids is 1. The Labute approximate surface area is 209 Å². The highest BCUT2D eigenvalue weighted by atomic mass is 127. The summed E-state index contributed by atoms with van der Waals surface area (Å²) >= 11 is 0. The van der Waals surface area contributed by atoms with Gasteiger partial charge in [0, 0.05) is 51.4 Å². The first-order chi connectivity index (χ1) is 15.1. The minimum atomic E-state index is -0.103. The number of halogens is 1. The molecule has 182 valence electrons. The first-order valence-corrected chi connectivity index (χ1v) is 11.3. The van der Waals surface area contributed by atoms with Crippen LogP contribution in [0.3, 0.4) is 0 Å². The molecule has 0 bridgehead atoms. The van der Waals surface area contributed by atoms with Gasteiger partial charge in [0.1, 0.15) is 5.75 Å². The molecule has 1 aromatic carbocycles. The standard InChI is InChI=1S/C23H39N5O3.HI/c1-5-18(6-2)21(28-13-15-31-16-14-28)17-27-23(24-3)26-12-11-25-22(29)19-7-9-20(30-4)10-8-19;/h7-10,18,21H,5-6,11-17H2,1-4H3,(H,25,29)(H2,24,26,27);1H. The van der Waals surface area contributed by atoms with Crippen molar-refractivity contribution in [2.45, 2.75) is 32.7 Å². The minimum absolute atomic E-state index is 0. The number of rotatable bonds is 11. The number of nitrogens with zero attached hydrogens (tertiary/aromatic N) is 2. The van der Waals surface area contributed by atoms with Gasteiger partial charge < -0.3 is 25.4 Å². The van der Waals surface area contributed by atoms with Crippen LogP contribution in [-0.4, -0.2) is 82.9 Å². The minimum Gasteiger partial charge on any atom is -0.497 e. The lowest BCUT2D eigenvalue weighted by molar-refractivity contribution is 0.00272. The maximum Gasteiger partial charge on any atom is 0.251 e. The lowest BCUT2D eigenvalue weighted by atomic mass is 9.92. The van der Waals surface area contributed by atoms with E-state index in [4.69, 9.17) is 9.47 Å². The molecule has 1 amide bonds. The maximum absolute atomic E-state index is 12.2. The third-order valence-electron chi connectivity index (χ3n) is 5.87. The van der Waals surface area contributed by atoms with Gasteiger partial charge in [-0.25, -0.2) is 0 Å². The van der Waals surface area contributed by atoms with Crippen molar-refractivity contribution in [1.29, 1.82) is 0 Å². The molecular weight excluding hydrogens is 521 g/mol. The lowest BCUT2D eigenvalue weighted by Crippen LogP contribution is -2.53. The van der Waals surface area contributed by atoms with Crippen LogP contribution < -0.4 is 20.7 Å². The third-order valence-corrected chi connectivity index (χ3v) is 5.87. The van der Waals surface area contributed by atoms with Crippen molar-refractivity contribution >= 4 is 35.8 Å². The second kappa shape index (κ2) is 16.1. The SMILES string of the molecule is CCC(CC)C(CNC(=NC)NCCNC(=O)c1ccc(OC)cc1)N1CCOCC1.I. The number of benzene rings is 1. The molecule has 1 saturated heterocycles. The maximum atomic E-state index is 12.2. The second-order valence-corrected chi connectivity index (χ2v) is 7.66. The molecule has 32 heavy (non-hydrogen) atoms. The van der Waals surface area contributed by atoms with E-state index in [1.807, 2.05) is 0 Å². The van der Waals surface area contributed by atoms with Crippen molar-refractivity contribution in [3.63, 3.8) is 0 Å². The molecule has 1 aliphatic heterocycles. The van der Waals surface area contributed by atoms with Crippen molar-refractivity contribution in [3.05, 3.63) is 29.8 Å². The molecule has 1 aromatic rings. The van der Waals surface area contributed by atoms with Crippen LogP contribution in [0.5, 0.6) is 5.75 Å². The predicted octanol–water partition coefficient (Wildman–Crippen LogP) is 2.35. The summed E-state index contributed by atoms with van der Waals surface area (Å²) in [7, 11) is 3.38. The van der Waals surface area contributed by atoms with Gasteiger partial charge in [0.05, 0.1) is 20.3 Å². The highest BCUT2D eigenvalue weighted by molar-refractivity contribution is 14.0. The summed E-state index contributed by atoms with van der Waals surface area (Å²) in [4.78, 5) is 19.1. The number of nitrogens with one attached hydrogen (secondary N) is 3. The molecule has 3 N–H and O–H groups in total. The number of amides is 1. The highest BCUT2D eigenvalue weighted by Crippen LogP contribution is 2.19. The zero-order valence-corrected chi connectivity index (χ0v) is 22.2. The number of methoxy groups -OCH3 is 1. The molecule has 1 aliphatic rings. The Morgan fingerprint density at radius 2 is 1.72 bits per heavy atom. The van der Waals surface area contributed by atoms with E-state index in [9.17, 15) is 4.79 Å². The Hall–Kier alpha value is -1.59. The van der Waals surface area contributed by atoms with Crippen molar-refractivity contribution in [3.8, 4) is 5.75 Å². The van der Waals surface area contributed by atoms with Gasteiger partial charge in [-0.05, 0) is 30.2 Å². The van der Waals surface area contributed by atoms with Crippen LogP contribution in [-0.2, 0) is 4.74 Å². The average molecular weight is 562 g/mol. The molecule has 9 heteroatoms. The van der Waals surface area contributed by atoms with Crippen LogP contribution in [0, 0.1) is 5.92 Å². The van der Waals surface area contributed by atoms with E-state index < -0.39 is 0 Å². The first kappa shape index (κ1) is 28.4. The molecule has 0 aliphatic carbocycles. The normalized spacial score (nSPS) is 15.6. The molecular formula is C23H40IN5O3. The van der Waals surface area contributed by atoms with Crippen molar-refractivity contribution in [1.82, 2.24) is 20.9 Å². The zero-order valence-electron chi connectivity index (χ0n) is 19.9. The molecule has 1 unspecified atom stereocenters. The molecule has 1 heterocycles. The van der Waals surface area contributed by atoms with Crippen molar-refractivity contribution in [2.24, 2.45) is 10.9 Å². The van der Waals surface area contributed by atoms with Crippen LogP contribution in [0.2, 0.25) is 0 Å². The van der Waals surface area contributed by atoms with Crippen molar-refractivity contribution in [2.75, 3.05) is 60.1 Å². The first-order valence-electron chi connectivity index (χ1n) is 11.3. The highest BCUT2D eigenvalue weighted by Gasteiger charge is 2.26.